The molecule has 0 bridgehead atoms. The molecule has 2 unspecified atom stereocenters. The maximum atomic E-state index is 11.0. The Kier molecular flexibility index (Phi) is 4.92. The SMILES string of the molecule is CC(=O)c1ccc(C(O)C(O)CCS)nc1. The minimum absolute atomic E-state index is 0.0792. The van der Waals surface area contributed by atoms with Crippen LogP contribution in [0.3, 0.4) is 0 Å². The molecule has 1 aromatic heterocycles. The number of aromatic nitrogens is 1. The molecule has 0 aliphatic rings. The van der Waals surface area contributed by atoms with E-state index in [4.69, 9.17) is 0 Å². The maximum absolute atomic E-state index is 11.0. The number of carbonyl (C=O) groups is 1. The number of hydrogen-bond acceptors (Lipinski definition) is 5. The van der Waals surface area contributed by atoms with E-state index >= 15 is 0 Å². The molecular formula is C11H15NO3S. The Labute approximate surface area is 99.7 Å². The van der Waals surface area contributed by atoms with E-state index < -0.39 is 12.2 Å². The first-order chi connectivity index (χ1) is 7.56. The molecule has 1 rings (SSSR count). The lowest BCUT2D eigenvalue weighted by Gasteiger charge is -2.16. The summed E-state index contributed by atoms with van der Waals surface area (Å²) in [6, 6.07) is 3.13. The van der Waals surface area contributed by atoms with Crippen LogP contribution in [-0.4, -0.2) is 32.8 Å². The van der Waals surface area contributed by atoms with Crippen LogP contribution in [-0.2, 0) is 0 Å². The van der Waals surface area contributed by atoms with Crippen molar-refractivity contribution in [2.45, 2.75) is 25.6 Å². The third kappa shape index (κ3) is 3.30. The molecular weight excluding hydrogens is 226 g/mol. The number of aliphatic hydroxyl groups excluding tert-OH is 2. The molecule has 0 saturated heterocycles. The van der Waals surface area contributed by atoms with Crippen LogP contribution < -0.4 is 0 Å². The van der Waals surface area contributed by atoms with Gasteiger partial charge in [-0.2, -0.15) is 12.6 Å². The van der Waals surface area contributed by atoms with E-state index in [0.29, 0.717) is 23.4 Å². The third-order valence-corrected chi connectivity index (χ3v) is 2.54. The van der Waals surface area contributed by atoms with E-state index in [-0.39, 0.29) is 5.78 Å². The van der Waals surface area contributed by atoms with Gasteiger partial charge in [-0.05, 0) is 31.2 Å². The normalized spacial score (nSPS) is 14.5. The number of rotatable bonds is 5. The predicted octanol–water partition coefficient (Wildman–Crippen LogP) is 0.998. The average Bonchev–Trinajstić information content (AvgIpc) is 2.28. The van der Waals surface area contributed by atoms with Crippen molar-refractivity contribution < 1.29 is 15.0 Å². The van der Waals surface area contributed by atoms with Crippen molar-refractivity contribution in [1.29, 1.82) is 0 Å². The fraction of sp³-hybridized carbons (Fsp3) is 0.455. The van der Waals surface area contributed by atoms with Crippen LogP contribution >= 0.6 is 12.6 Å². The molecule has 0 aliphatic carbocycles. The van der Waals surface area contributed by atoms with Gasteiger partial charge in [0.05, 0.1) is 11.8 Å². The number of carbonyl (C=O) groups excluding carboxylic acids is 1. The predicted molar refractivity (Wildman–Crippen MR) is 63.7 cm³/mol. The number of hydrogen-bond donors (Lipinski definition) is 3. The molecule has 0 aromatic carbocycles. The molecule has 0 aliphatic heterocycles. The Bertz CT molecular complexity index is 353. The second-order valence-corrected chi connectivity index (χ2v) is 4.00. The lowest BCUT2D eigenvalue weighted by molar-refractivity contribution is 0.0147. The highest BCUT2D eigenvalue weighted by molar-refractivity contribution is 7.80. The molecule has 0 radical (unpaired) electrons. The van der Waals surface area contributed by atoms with Crippen molar-refractivity contribution in [3.63, 3.8) is 0 Å². The molecule has 0 saturated carbocycles. The molecule has 1 aromatic rings. The monoisotopic (exact) mass is 241 g/mol. The van der Waals surface area contributed by atoms with E-state index in [1.165, 1.54) is 13.1 Å². The van der Waals surface area contributed by atoms with Gasteiger partial charge in [-0.1, -0.05) is 0 Å². The zero-order valence-electron chi connectivity index (χ0n) is 9.00. The fourth-order valence-electron chi connectivity index (χ4n) is 1.28. The summed E-state index contributed by atoms with van der Waals surface area (Å²) in [5.74, 6) is 0.411. The zero-order chi connectivity index (χ0) is 12.1. The number of aliphatic hydroxyl groups is 2. The maximum Gasteiger partial charge on any atom is 0.161 e. The van der Waals surface area contributed by atoms with E-state index in [0.717, 1.165) is 0 Å². The second-order valence-electron chi connectivity index (χ2n) is 3.55. The molecule has 4 nitrogen and oxygen atoms in total. The molecule has 88 valence electrons. The van der Waals surface area contributed by atoms with Crippen LogP contribution in [0.15, 0.2) is 18.3 Å². The smallest absolute Gasteiger partial charge is 0.161 e. The fourth-order valence-corrected chi connectivity index (χ4v) is 1.54. The first-order valence-corrected chi connectivity index (χ1v) is 5.63. The quantitative estimate of drug-likeness (QED) is 0.531. The van der Waals surface area contributed by atoms with Gasteiger partial charge in [0.2, 0.25) is 0 Å². The van der Waals surface area contributed by atoms with E-state index in [2.05, 4.69) is 17.6 Å². The first-order valence-electron chi connectivity index (χ1n) is 5.00. The minimum Gasteiger partial charge on any atom is -0.390 e. The van der Waals surface area contributed by atoms with Gasteiger partial charge in [-0.3, -0.25) is 9.78 Å². The molecule has 0 fully saturated rings. The van der Waals surface area contributed by atoms with Gasteiger partial charge in [0.1, 0.15) is 6.10 Å². The number of pyridine rings is 1. The Hall–Kier alpha value is -0.910. The summed E-state index contributed by atoms with van der Waals surface area (Å²) in [5, 5.41) is 19.3. The van der Waals surface area contributed by atoms with Crippen molar-refractivity contribution in [1.82, 2.24) is 4.98 Å². The molecule has 2 N–H and O–H groups in total. The number of Topliss-reactive ketones (excluding diaryl/α,β-unsaturated/α-hetero) is 1. The van der Waals surface area contributed by atoms with E-state index in [1.54, 1.807) is 12.1 Å². The summed E-state index contributed by atoms with van der Waals surface area (Å²) < 4.78 is 0. The number of thiol groups is 1. The van der Waals surface area contributed by atoms with Crippen LogP contribution in [0.1, 0.15) is 35.5 Å². The van der Waals surface area contributed by atoms with Crippen LogP contribution in [0.4, 0.5) is 0 Å². The third-order valence-electron chi connectivity index (χ3n) is 2.29. The topological polar surface area (TPSA) is 70.4 Å². The van der Waals surface area contributed by atoms with E-state index in [9.17, 15) is 15.0 Å². The minimum atomic E-state index is -1.03. The number of nitrogens with zero attached hydrogens (tertiary/aromatic N) is 1. The van der Waals surface area contributed by atoms with Crippen molar-refractivity contribution >= 4 is 18.4 Å². The summed E-state index contributed by atoms with van der Waals surface area (Å²) >= 11 is 3.97. The lowest BCUT2D eigenvalue weighted by atomic mass is 10.1. The highest BCUT2D eigenvalue weighted by atomic mass is 32.1. The lowest BCUT2D eigenvalue weighted by Crippen LogP contribution is -2.19. The molecule has 16 heavy (non-hydrogen) atoms. The summed E-state index contributed by atoms with van der Waals surface area (Å²) in [7, 11) is 0. The van der Waals surface area contributed by atoms with Crippen LogP contribution in [0, 0.1) is 0 Å². The van der Waals surface area contributed by atoms with Gasteiger partial charge in [-0.15, -0.1) is 0 Å². The summed E-state index contributed by atoms with van der Waals surface area (Å²) in [5.41, 5.74) is 0.846. The average molecular weight is 241 g/mol. The van der Waals surface area contributed by atoms with Gasteiger partial charge >= 0.3 is 0 Å². The highest BCUT2D eigenvalue weighted by Gasteiger charge is 2.18. The number of ketones is 1. The van der Waals surface area contributed by atoms with Crippen molar-refractivity contribution in [2.24, 2.45) is 0 Å². The molecule has 5 heteroatoms. The zero-order valence-corrected chi connectivity index (χ0v) is 9.89. The Morgan fingerprint density at radius 2 is 2.19 bits per heavy atom. The van der Waals surface area contributed by atoms with Crippen LogP contribution in [0.5, 0.6) is 0 Å². The van der Waals surface area contributed by atoms with Gasteiger partial charge < -0.3 is 10.2 Å². The Balaban J connectivity index is 2.77. The van der Waals surface area contributed by atoms with E-state index in [1.807, 2.05) is 0 Å². The Morgan fingerprint density at radius 3 is 2.62 bits per heavy atom. The Morgan fingerprint density at radius 1 is 1.50 bits per heavy atom. The van der Waals surface area contributed by atoms with Crippen LogP contribution in [0.25, 0.3) is 0 Å². The van der Waals surface area contributed by atoms with Crippen molar-refractivity contribution in [2.75, 3.05) is 5.75 Å². The van der Waals surface area contributed by atoms with Crippen molar-refractivity contribution in [3.8, 4) is 0 Å². The molecule has 1 heterocycles. The van der Waals surface area contributed by atoms with Gasteiger partial charge in [-0.25, -0.2) is 0 Å². The van der Waals surface area contributed by atoms with Crippen molar-refractivity contribution in [3.05, 3.63) is 29.6 Å². The summed E-state index contributed by atoms with van der Waals surface area (Å²) in [4.78, 5) is 14.9. The standard InChI is InChI=1S/C11H15NO3S/c1-7(13)8-2-3-9(12-6-8)11(15)10(14)4-5-16/h2-3,6,10-11,14-16H,4-5H2,1H3. The molecule has 0 amide bonds. The van der Waals surface area contributed by atoms with Gasteiger partial charge in [0.15, 0.2) is 5.78 Å². The van der Waals surface area contributed by atoms with Gasteiger partial charge in [0, 0.05) is 11.8 Å². The summed E-state index contributed by atoms with van der Waals surface area (Å²) in [6.07, 6.45) is -0.129. The van der Waals surface area contributed by atoms with Crippen LogP contribution in [0.2, 0.25) is 0 Å². The highest BCUT2D eigenvalue weighted by Crippen LogP contribution is 2.17. The second kappa shape index (κ2) is 5.98. The largest absolute Gasteiger partial charge is 0.390 e. The molecule has 2 atom stereocenters. The van der Waals surface area contributed by atoms with Gasteiger partial charge in [0.25, 0.3) is 0 Å². The first kappa shape index (κ1) is 13.2. The summed E-state index contributed by atoms with van der Waals surface area (Å²) in [6.45, 7) is 1.45. The molecule has 0 spiro atoms.